The summed E-state index contributed by atoms with van der Waals surface area (Å²) in [6, 6.07) is 13.1. The molecular formula is C18H19NO. The summed E-state index contributed by atoms with van der Waals surface area (Å²) < 4.78 is 5.45. The van der Waals surface area contributed by atoms with Gasteiger partial charge in [0.25, 0.3) is 0 Å². The first-order valence-corrected chi connectivity index (χ1v) is 7.18. The molecule has 1 aliphatic heterocycles. The lowest BCUT2D eigenvalue weighted by Crippen LogP contribution is -2.29. The van der Waals surface area contributed by atoms with Crippen LogP contribution in [0.1, 0.15) is 35.1 Å². The molecule has 4 rings (SSSR count). The predicted octanol–water partition coefficient (Wildman–Crippen LogP) is 3.98. The van der Waals surface area contributed by atoms with Crippen LogP contribution in [0.2, 0.25) is 0 Å². The third-order valence-corrected chi connectivity index (χ3v) is 5.03. The Balaban J connectivity index is 1.90. The number of aryl methyl sites for hydroxylation is 1. The SMILES string of the molecule is COc1cc(C)c2c(c1)[C@H]1Cc3ccccc3[C@@]1(C)N2. The zero-order valence-electron chi connectivity index (χ0n) is 12.2. The molecule has 102 valence electrons. The molecule has 1 aliphatic carbocycles. The van der Waals surface area contributed by atoms with E-state index >= 15 is 0 Å². The van der Waals surface area contributed by atoms with Crippen molar-refractivity contribution in [2.75, 3.05) is 12.4 Å². The number of benzene rings is 2. The molecule has 2 aliphatic rings. The molecule has 0 radical (unpaired) electrons. The van der Waals surface area contributed by atoms with Gasteiger partial charge in [0.05, 0.1) is 12.6 Å². The van der Waals surface area contributed by atoms with Gasteiger partial charge in [-0.15, -0.1) is 0 Å². The molecule has 0 saturated carbocycles. The van der Waals surface area contributed by atoms with Gasteiger partial charge >= 0.3 is 0 Å². The van der Waals surface area contributed by atoms with E-state index in [1.165, 1.54) is 27.9 Å². The van der Waals surface area contributed by atoms with Crippen LogP contribution < -0.4 is 10.1 Å². The highest BCUT2D eigenvalue weighted by atomic mass is 16.5. The minimum atomic E-state index is 0.0239. The van der Waals surface area contributed by atoms with Crippen LogP contribution in [0, 0.1) is 6.92 Å². The van der Waals surface area contributed by atoms with E-state index in [-0.39, 0.29) is 5.54 Å². The monoisotopic (exact) mass is 265 g/mol. The second kappa shape index (κ2) is 3.78. The number of ether oxygens (including phenoxy) is 1. The summed E-state index contributed by atoms with van der Waals surface area (Å²) in [5, 5.41) is 3.79. The molecular weight excluding hydrogens is 246 g/mol. The molecule has 1 heterocycles. The molecule has 0 spiro atoms. The number of nitrogens with one attached hydrogen (secondary N) is 1. The summed E-state index contributed by atoms with van der Waals surface area (Å²) in [6.45, 7) is 4.49. The first-order valence-electron chi connectivity index (χ1n) is 7.18. The van der Waals surface area contributed by atoms with Crippen LogP contribution in [0.5, 0.6) is 5.75 Å². The van der Waals surface area contributed by atoms with Gasteiger partial charge in [0.2, 0.25) is 0 Å². The number of hydrogen-bond acceptors (Lipinski definition) is 2. The Morgan fingerprint density at radius 1 is 1.25 bits per heavy atom. The minimum absolute atomic E-state index is 0.0239. The molecule has 0 saturated heterocycles. The molecule has 0 aromatic heterocycles. The second-order valence-corrected chi connectivity index (χ2v) is 6.15. The summed E-state index contributed by atoms with van der Waals surface area (Å²) in [7, 11) is 1.74. The van der Waals surface area contributed by atoms with Crippen LogP contribution in [0.3, 0.4) is 0 Å². The summed E-state index contributed by atoms with van der Waals surface area (Å²) >= 11 is 0. The maximum atomic E-state index is 5.45. The van der Waals surface area contributed by atoms with Crippen LogP contribution in [0.15, 0.2) is 36.4 Å². The maximum Gasteiger partial charge on any atom is 0.119 e. The highest BCUT2D eigenvalue weighted by Crippen LogP contribution is 2.56. The lowest BCUT2D eigenvalue weighted by Gasteiger charge is -2.27. The van der Waals surface area contributed by atoms with Crippen molar-refractivity contribution in [3.8, 4) is 5.75 Å². The zero-order valence-corrected chi connectivity index (χ0v) is 12.2. The van der Waals surface area contributed by atoms with E-state index < -0.39 is 0 Å². The summed E-state index contributed by atoms with van der Waals surface area (Å²) in [5.74, 6) is 1.46. The molecule has 2 aromatic carbocycles. The molecule has 2 atom stereocenters. The maximum absolute atomic E-state index is 5.45. The molecule has 0 bridgehead atoms. The molecule has 0 amide bonds. The first kappa shape index (κ1) is 11.8. The van der Waals surface area contributed by atoms with Gasteiger partial charge in [-0.3, -0.25) is 0 Å². The van der Waals surface area contributed by atoms with Gasteiger partial charge in [0.1, 0.15) is 5.75 Å². The van der Waals surface area contributed by atoms with E-state index in [0.717, 1.165) is 12.2 Å². The lowest BCUT2D eigenvalue weighted by atomic mass is 9.84. The average molecular weight is 265 g/mol. The van der Waals surface area contributed by atoms with Gasteiger partial charge in [-0.2, -0.15) is 0 Å². The van der Waals surface area contributed by atoms with E-state index in [0.29, 0.717) is 5.92 Å². The summed E-state index contributed by atoms with van der Waals surface area (Å²) in [4.78, 5) is 0. The van der Waals surface area contributed by atoms with Crippen LogP contribution in [-0.2, 0) is 12.0 Å². The fourth-order valence-electron chi connectivity index (χ4n) is 4.00. The molecule has 1 N–H and O–H groups in total. The van der Waals surface area contributed by atoms with E-state index in [1.807, 2.05) is 0 Å². The minimum Gasteiger partial charge on any atom is -0.497 e. The normalized spacial score (nSPS) is 25.6. The first-order chi connectivity index (χ1) is 9.63. The Morgan fingerprint density at radius 3 is 2.85 bits per heavy atom. The van der Waals surface area contributed by atoms with Gasteiger partial charge in [-0.1, -0.05) is 24.3 Å². The van der Waals surface area contributed by atoms with Gasteiger partial charge < -0.3 is 10.1 Å². The van der Waals surface area contributed by atoms with E-state index in [4.69, 9.17) is 4.74 Å². The van der Waals surface area contributed by atoms with Crippen molar-refractivity contribution >= 4 is 5.69 Å². The largest absolute Gasteiger partial charge is 0.497 e. The van der Waals surface area contributed by atoms with Crippen LogP contribution in [-0.4, -0.2) is 7.11 Å². The van der Waals surface area contributed by atoms with Crippen molar-refractivity contribution in [1.29, 1.82) is 0 Å². The number of fused-ring (bicyclic) bond motifs is 5. The lowest BCUT2D eigenvalue weighted by molar-refractivity contribution is 0.413. The number of anilines is 1. The van der Waals surface area contributed by atoms with Crippen molar-refractivity contribution in [3.05, 3.63) is 58.7 Å². The smallest absolute Gasteiger partial charge is 0.119 e. The predicted molar refractivity (Wildman–Crippen MR) is 81.6 cm³/mol. The quantitative estimate of drug-likeness (QED) is 0.842. The van der Waals surface area contributed by atoms with Crippen molar-refractivity contribution in [2.24, 2.45) is 0 Å². The van der Waals surface area contributed by atoms with Gasteiger partial charge in [0, 0.05) is 11.6 Å². The van der Waals surface area contributed by atoms with Gasteiger partial charge in [-0.25, -0.2) is 0 Å². The summed E-state index contributed by atoms with van der Waals surface area (Å²) in [6.07, 6.45) is 1.11. The Bertz CT molecular complexity index is 707. The zero-order chi connectivity index (χ0) is 13.9. The van der Waals surface area contributed by atoms with Gasteiger partial charge in [0.15, 0.2) is 0 Å². The van der Waals surface area contributed by atoms with E-state index in [2.05, 4.69) is 55.6 Å². The van der Waals surface area contributed by atoms with E-state index in [9.17, 15) is 0 Å². The molecule has 20 heavy (non-hydrogen) atoms. The van der Waals surface area contributed by atoms with Crippen LogP contribution >= 0.6 is 0 Å². The number of hydrogen-bond donors (Lipinski definition) is 1. The second-order valence-electron chi connectivity index (χ2n) is 6.15. The topological polar surface area (TPSA) is 21.3 Å². The van der Waals surface area contributed by atoms with E-state index in [1.54, 1.807) is 7.11 Å². The van der Waals surface area contributed by atoms with Crippen molar-refractivity contribution in [1.82, 2.24) is 0 Å². The highest BCUT2D eigenvalue weighted by Gasteiger charge is 2.49. The number of methoxy groups -OCH3 is 1. The average Bonchev–Trinajstić information content (AvgIpc) is 2.89. The fourth-order valence-corrected chi connectivity index (χ4v) is 4.00. The van der Waals surface area contributed by atoms with Crippen LogP contribution in [0.4, 0.5) is 5.69 Å². The molecule has 0 fully saturated rings. The Kier molecular flexibility index (Phi) is 2.24. The molecule has 2 nitrogen and oxygen atoms in total. The van der Waals surface area contributed by atoms with Crippen molar-refractivity contribution in [3.63, 3.8) is 0 Å². The standard InChI is InChI=1S/C18H19NO/c1-11-8-13(20-3)10-14-16-9-12-6-4-5-7-15(12)18(16,2)19-17(11)14/h4-8,10,16,19H,9H2,1-3H3/t16-,18-/m1/s1. The van der Waals surface area contributed by atoms with Gasteiger partial charge in [-0.05, 0) is 54.7 Å². The Morgan fingerprint density at radius 2 is 2.05 bits per heavy atom. The molecule has 2 aromatic rings. The van der Waals surface area contributed by atoms with Crippen molar-refractivity contribution < 1.29 is 4.74 Å². The molecule has 2 heteroatoms. The number of rotatable bonds is 1. The summed E-state index contributed by atoms with van der Waals surface area (Å²) in [5.41, 5.74) is 6.91. The third-order valence-electron chi connectivity index (χ3n) is 5.03. The van der Waals surface area contributed by atoms with Crippen molar-refractivity contribution in [2.45, 2.75) is 31.7 Å². The fraction of sp³-hybridized carbons (Fsp3) is 0.333. The molecule has 0 unspecified atom stereocenters. The third kappa shape index (κ3) is 1.34. The highest BCUT2D eigenvalue weighted by molar-refractivity contribution is 5.71. The Labute approximate surface area is 119 Å². The van der Waals surface area contributed by atoms with Crippen LogP contribution in [0.25, 0.3) is 0 Å². The Hall–Kier alpha value is -1.96.